The predicted molar refractivity (Wildman–Crippen MR) is 193 cm³/mol. The molecule has 268 valence electrons. The quantitative estimate of drug-likeness (QED) is 0.162. The third-order valence-electron chi connectivity index (χ3n) is 9.67. The molecule has 14 nitrogen and oxygen atoms in total. The highest BCUT2D eigenvalue weighted by molar-refractivity contribution is 6.17. The number of H-pyrrole nitrogens is 1. The number of pyridine rings is 1. The summed E-state index contributed by atoms with van der Waals surface area (Å²) in [6.45, 7) is 3.10. The minimum Gasteiger partial charge on any atom is -0.354 e. The van der Waals surface area contributed by atoms with Gasteiger partial charge in [-0.2, -0.15) is 5.21 Å². The zero-order valence-corrected chi connectivity index (χ0v) is 29.2. The van der Waals surface area contributed by atoms with Crippen LogP contribution in [0.3, 0.4) is 0 Å². The highest BCUT2D eigenvalue weighted by Crippen LogP contribution is 2.32. The molecule has 2 fully saturated rings. The van der Waals surface area contributed by atoms with Gasteiger partial charge in [0, 0.05) is 29.8 Å². The van der Waals surface area contributed by atoms with Crippen molar-refractivity contribution in [1.82, 2.24) is 36.2 Å². The molecule has 0 bridgehead atoms. The Kier molecular flexibility index (Phi) is 12.2. The summed E-state index contributed by atoms with van der Waals surface area (Å²) in [6, 6.07) is 14.7. The van der Waals surface area contributed by atoms with Crippen LogP contribution < -0.4 is 27.0 Å². The number of tetrazole rings is 1. The molecule has 4 aromatic rings. The number of halogens is 1. The number of amides is 4. The number of aryl methyl sites for hydroxylation is 1. The van der Waals surface area contributed by atoms with Crippen molar-refractivity contribution < 1.29 is 19.2 Å². The number of benzene rings is 2. The summed E-state index contributed by atoms with van der Waals surface area (Å²) in [5.74, 6) is -0.827. The number of aromatic amines is 1. The average molecular weight is 715 g/mol. The molecular weight excluding hydrogens is 672 g/mol. The number of nitrogens with one attached hydrogen (secondary N) is 3. The van der Waals surface area contributed by atoms with Gasteiger partial charge in [-0.25, -0.2) is 4.90 Å². The van der Waals surface area contributed by atoms with Crippen molar-refractivity contribution in [3.8, 4) is 22.5 Å². The van der Waals surface area contributed by atoms with Crippen LogP contribution in [0.5, 0.6) is 0 Å². The topological polar surface area (TPSA) is 215 Å². The number of piperidine rings is 1. The number of hydrogen-bond donors (Lipinski definition) is 5. The van der Waals surface area contributed by atoms with E-state index in [1.807, 2.05) is 31.2 Å². The first kappa shape index (κ1) is 37.2. The SMILES string of the molecule is Cc1cc(C(=O)N[C@@H]2CCCNC2=O)ncc1-c1ccc(C[C@H](N)C(=O)N(C(=O)C2CCC(CN)CC2)c2ccc(-c3nn[nH]n3)cc2)cc1.Cl. The van der Waals surface area contributed by atoms with Crippen LogP contribution in [-0.4, -0.2) is 74.4 Å². The van der Waals surface area contributed by atoms with Crippen LogP contribution in [0.25, 0.3) is 22.5 Å². The number of carbonyl (C=O) groups is 4. The highest BCUT2D eigenvalue weighted by Gasteiger charge is 2.35. The Labute approximate surface area is 301 Å². The summed E-state index contributed by atoms with van der Waals surface area (Å²) in [5.41, 5.74) is 17.2. The maximum absolute atomic E-state index is 14.0. The van der Waals surface area contributed by atoms with E-state index in [0.29, 0.717) is 55.3 Å². The van der Waals surface area contributed by atoms with E-state index in [1.54, 1.807) is 36.5 Å². The number of nitrogens with two attached hydrogens (primary N) is 2. The summed E-state index contributed by atoms with van der Waals surface area (Å²) in [4.78, 5) is 58.4. The highest BCUT2D eigenvalue weighted by atomic mass is 35.5. The van der Waals surface area contributed by atoms with Crippen molar-refractivity contribution in [1.29, 1.82) is 0 Å². The zero-order chi connectivity index (χ0) is 35.2. The third kappa shape index (κ3) is 8.64. The van der Waals surface area contributed by atoms with Crippen molar-refractivity contribution in [3.63, 3.8) is 0 Å². The van der Waals surface area contributed by atoms with E-state index in [2.05, 4.69) is 36.2 Å². The third-order valence-corrected chi connectivity index (χ3v) is 9.67. The lowest BCUT2D eigenvalue weighted by Gasteiger charge is -2.32. The molecule has 2 atom stereocenters. The van der Waals surface area contributed by atoms with Crippen molar-refractivity contribution in [2.24, 2.45) is 23.3 Å². The van der Waals surface area contributed by atoms with E-state index in [4.69, 9.17) is 11.5 Å². The van der Waals surface area contributed by atoms with Gasteiger partial charge in [-0.15, -0.1) is 22.6 Å². The van der Waals surface area contributed by atoms with Crippen LogP contribution in [0.15, 0.2) is 60.8 Å². The fraction of sp³-hybridized carbons (Fsp3) is 0.389. The van der Waals surface area contributed by atoms with E-state index in [1.165, 1.54) is 4.90 Å². The normalized spacial score (nSPS) is 19.3. The molecule has 15 heteroatoms. The summed E-state index contributed by atoms with van der Waals surface area (Å²) in [6.07, 6.45) is 6.28. The molecule has 2 aliphatic rings. The van der Waals surface area contributed by atoms with Crippen LogP contribution in [0.4, 0.5) is 5.69 Å². The minimum absolute atomic E-state index is 0. The molecule has 3 heterocycles. The van der Waals surface area contributed by atoms with Gasteiger partial charge in [-0.1, -0.05) is 24.3 Å². The Morgan fingerprint density at radius 1 is 1.00 bits per heavy atom. The summed E-state index contributed by atoms with van der Waals surface area (Å²) in [5, 5.41) is 19.6. The molecule has 6 rings (SSSR count). The molecule has 1 aliphatic carbocycles. The number of anilines is 1. The molecule has 51 heavy (non-hydrogen) atoms. The fourth-order valence-electron chi connectivity index (χ4n) is 6.69. The standard InChI is InChI=1S/C36H42N10O4.ClH/c1-21-17-31(34(48)41-30-3-2-16-39-33(30)47)40-20-28(21)24-8-4-22(5-9-24)18-29(38)36(50)46(35(49)26-10-6-23(19-37)7-11-26)27-14-12-25(13-15-27)32-42-44-45-43-32;/h4-5,8-9,12-15,17,20,23,26,29-30H,2-3,6-7,10-11,16,18-19,37-38H2,1H3,(H,39,47)(H,41,48)(H,42,43,44,45);1H/t23?,26?,29-,30+;/m0./s1. The minimum atomic E-state index is -0.977. The first-order valence-electron chi connectivity index (χ1n) is 17.0. The number of nitrogens with zero attached hydrogens (tertiary/aromatic N) is 5. The van der Waals surface area contributed by atoms with Crippen LogP contribution >= 0.6 is 12.4 Å². The Balaban J connectivity index is 0.00000504. The first-order valence-corrected chi connectivity index (χ1v) is 17.0. The molecule has 0 radical (unpaired) electrons. The summed E-state index contributed by atoms with van der Waals surface area (Å²) in [7, 11) is 0. The monoisotopic (exact) mass is 714 g/mol. The van der Waals surface area contributed by atoms with Gasteiger partial charge < -0.3 is 22.1 Å². The average Bonchev–Trinajstić information content (AvgIpc) is 3.69. The lowest BCUT2D eigenvalue weighted by Crippen LogP contribution is -2.50. The predicted octanol–water partition coefficient (Wildman–Crippen LogP) is 2.86. The van der Waals surface area contributed by atoms with Crippen molar-refractivity contribution in [3.05, 3.63) is 77.6 Å². The number of hydrogen-bond acceptors (Lipinski definition) is 10. The number of aromatic nitrogens is 5. The molecule has 1 aliphatic heterocycles. The van der Waals surface area contributed by atoms with E-state index in [-0.39, 0.29) is 42.3 Å². The number of carbonyl (C=O) groups excluding carboxylic acids is 4. The first-order chi connectivity index (χ1) is 24.2. The Bertz CT molecular complexity index is 1830. The van der Waals surface area contributed by atoms with E-state index >= 15 is 0 Å². The van der Waals surface area contributed by atoms with Gasteiger partial charge in [0.2, 0.25) is 17.6 Å². The van der Waals surface area contributed by atoms with Gasteiger partial charge in [0.1, 0.15) is 11.7 Å². The second-order valence-electron chi connectivity index (χ2n) is 13.1. The second kappa shape index (κ2) is 16.8. The van der Waals surface area contributed by atoms with Crippen LogP contribution in [0.1, 0.15) is 60.1 Å². The maximum atomic E-state index is 14.0. The van der Waals surface area contributed by atoms with E-state index in [0.717, 1.165) is 41.5 Å². The Morgan fingerprint density at radius 3 is 2.33 bits per heavy atom. The van der Waals surface area contributed by atoms with Gasteiger partial charge >= 0.3 is 0 Å². The van der Waals surface area contributed by atoms with Crippen molar-refractivity contribution in [2.75, 3.05) is 18.0 Å². The molecule has 1 saturated carbocycles. The lowest BCUT2D eigenvalue weighted by atomic mass is 9.81. The number of rotatable bonds is 10. The van der Waals surface area contributed by atoms with E-state index < -0.39 is 23.9 Å². The van der Waals surface area contributed by atoms with Crippen LogP contribution in [-0.2, 0) is 20.8 Å². The van der Waals surface area contributed by atoms with Gasteiger partial charge in [-0.05, 0) is 117 Å². The molecular formula is C36H43ClN10O4. The van der Waals surface area contributed by atoms with Gasteiger partial charge in [0.25, 0.3) is 11.8 Å². The molecule has 2 aromatic carbocycles. The van der Waals surface area contributed by atoms with Crippen LogP contribution in [0, 0.1) is 18.8 Å². The zero-order valence-electron chi connectivity index (χ0n) is 28.4. The molecule has 7 N–H and O–H groups in total. The van der Waals surface area contributed by atoms with Crippen molar-refractivity contribution in [2.45, 2.75) is 64.0 Å². The van der Waals surface area contributed by atoms with E-state index in [9.17, 15) is 19.2 Å². The lowest BCUT2D eigenvalue weighted by molar-refractivity contribution is -0.130. The second-order valence-corrected chi connectivity index (χ2v) is 13.1. The summed E-state index contributed by atoms with van der Waals surface area (Å²) < 4.78 is 0. The Hall–Kier alpha value is -5.05. The van der Waals surface area contributed by atoms with Gasteiger partial charge in [0.05, 0.1) is 11.7 Å². The Morgan fingerprint density at radius 2 is 1.71 bits per heavy atom. The van der Waals surface area contributed by atoms with Crippen molar-refractivity contribution >= 4 is 41.7 Å². The van der Waals surface area contributed by atoms with Crippen LogP contribution in [0.2, 0.25) is 0 Å². The largest absolute Gasteiger partial charge is 0.354 e. The molecule has 0 spiro atoms. The summed E-state index contributed by atoms with van der Waals surface area (Å²) >= 11 is 0. The molecule has 4 amide bonds. The van der Waals surface area contributed by atoms with Gasteiger partial charge in [-0.3, -0.25) is 24.2 Å². The maximum Gasteiger partial charge on any atom is 0.270 e. The van der Waals surface area contributed by atoms with Gasteiger partial charge in [0.15, 0.2) is 0 Å². The molecule has 2 aromatic heterocycles. The smallest absolute Gasteiger partial charge is 0.270 e. The molecule has 0 unspecified atom stereocenters. The molecule has 1 saturated heterocycles. The fourth-order valence-corrected chi connectivity index (χ4v) is 6.69. The number of imide groups is 1.